The van der Waals surface area contributed by atoms with E-state index in [-0.39, 0.29) is 12.1 Å². The van der Waals surface area contributed by atoms with Crippen LogP contribution in [0.4, 0.5) is 4.79 Å². The van der Waals surface area contributed by atoms with Crippen LogP contribution in [0.2, 0.25) is 0 Å². The van der Waals surface area contributed by atoms with Gasteiger partial charge < -0.3 is 15.0 Å². The first-order valence-electron chi connectivity index (χ1n) is 8.36. The summed E-state index contributed by atoms with van der Waals surface area (Å²) in [5.41, 5.74) is -0.449. The number of hydrogen-bond acceptors (Lipinski definition) is 5. The second kappa shape index (κ2) is 7.29. The zero-order chi connectivity index (χ0) is 17.0. The van der Waals surface area contributed by atoms with Gasteiger partial charge in [0.1, 0.15) is 17.8 Å². The van der Waals surface area contributed by atoms with Crippen LogP contribution in [0.3, 0.4) is 0 Å². The SMILES string of the molecule is CCn1ncnc1CC(NC)C1CCN(C(=O)OC(C)(C)C)C1. The van der Waals surface area contributed by atoms with Gasteiger partial charge in [0.05, 0.1) is 0 Å². The van der Waals surface area contributed by atoms with Gasteiger partial charge in [-0.3, -0.25) is 4.68 Å². The van der Waals surface area contributed by atoms with Crippen molar-refractivity contribution in [1.82, 2.24) is 25.0 Å². The molecule has 0 spiro atoms. The van der Waals surface area contributed by atoms with Crippen molar-refractivity contribution in [1.29, 1.82) is 0 Å². The summed E-state index contributed by atoms with van der Waals surface area (Å²) in [6, 6.07) is 0.275. The largest absolute Gasteiger partial charge is 0.444 e. The molecule has 1 aliphatic rings. The van der Waals surface area contributed by atoms with Crippen LogP contribution in [0.15, 0.2) is 6.33 Å². The molecule has 1 aliphatic heterocycles. The summed E-state index contributed by atoms with van der Waals surface area (Å²) in [5.74, 6) is 1.39. The fraction of sp³-hybridized carbons (Fsp3) is 0.812. The maximum atomic E-state index is 12.2. The first-order valence-corrected chi connectivity index (χ1v) is 8.36. The van der Waals surface area contributed by atoms with Crippen molar-refractivity contribution in [3.05, 3.63) is 12.2 Å². The lowest BCUT2D eigenvalue weighted by atomic mass is 9.96. The molecule has 130 valence electrons. The number of rotatable bonds is 5. The lowest BCUT2D eigenvalue weighted by Crippen LogP contribution is -2.40. The summed E-state index contributed by atoms with van der Waals surface area (Å²) >= 11 is 0. The van der Waals surface area contributed by atoms with Gasteiger partial charge in [-0.25, -0.2) is 9.78 Å². The fourth-order valence-electron chi connectivity index (χ4n) is 3.02. The predicted octanol–water partition coefficient (Wildman–Crippen LogP) is 1.69. The molecule has 1 N–H and O–H groups in total. The molecule has 2 heterocycles. The highest BCUT2D eigenvalue weighted by Gasteiger charge is 2.34. The topological polar surface area (TPSA) is 72.3 Å². The highest BCUT2D eigenvalue weighted by Crippen LogP contribution is 2.23. The summed E-state index contributed by atoms with van der Waals surface area (Å²) in [7, 11) is 1.97. The molecule has 2 atom stereocenters. The zero-order valence-electron chi connectivity index (χ0n) is 14.9. The number of nitrogens with one attached hydrogen (secondary N) is 1. The maximum Gasteiger partial charge on any atom is 0.410 e. The molecule has 2 unspecified atom stereocenters. The quantitative estimate of drug-likeness (QED) is 0.892. The van der Waals surface area contributed by atoms with Crippen molar-refractivity contribution >= 4 is 6.09 Å². The second-order valence-corrected chi connectivity index (χ2v) is 7.07. The Balaban J connectivity index is 1.94. The molecule has 2 rings (SSSR count). The summed E-state index contributed by atoms with van der Waals surface area (Å²) in [5, 5.41) is 7.61. The Bertz CT molecular complexity index is 523. The summed E-state index contributed by atoms with van der Waals surface area (Å²) in [4.78, 5) is 18.4. The monoisotopic (exact) mass is 323 g/mol. The van der Waals surface area contributed by atoms with Crippen LogP contribution in [0.5, 0.6) is 0 Å². The minimum absolute atomic E-state index is 0.216. The minimum Gasteiger partial charge on any atom is -0.444 e. The molecule has 0 bridgehead atoms. The summed E-state index contributed by atoms with van der Waals surface area (Å²) in [6.45, 7) is 10.0. The number of ether oxygens (including phenoxy) is 1. The van der Waals surface area contributed by atoms with Crippen molar-refractivity contribution in [3.8, 4) is 0 Å². The van der Waals surface area contributed by atoms with Crippen LogP contribution in [0.1, 0.15) is 39.9 Å². The Morgan fingerprint density at radius 3 is 2.87 bits per heavy atom. The van der Waals surface area contributed by atoms with Gasteiger partial charge in [0.15, 0.2) is 0 Å². The molecule has 1 aromatic rings. The molecule has 23 heavy (non-hydrogen) atoms. The summed E-state index contributed by atoms with van der Waals surface area (Å²) in [6.07, 6.45) is 3.18. The predicted molar refractivity (Wildman–Crippen MR) is 88.2 cm³/mol. The number of likely N-dealkylation sites (N-methyl/N-ethyl adjacent to an activating group) is 1. The van der Waals surface area contributed by atoms with E-state index in [1.807, 2.05) is 37.4 Å². The number of likely N-dealkylation sites (tertiary alicyclic amines) is 1. The van der Waals surface area contributed by atoms with E-state index in [2.05, 4.69) is 22.3 Å². The van der Waals surface area contributed by atoms with Gasteiger partial charge in [-0.1, -0.05) is 0 Å². The Hall–Kier alpha value is -1.63. The first kappa shape index (κ1) is 17.7. The third kappa shape index (κ3) is 4.67. The number of carbonyl (C=O) groups is 1. The van der Waals surface area contributed by atoms with E-state index in [0.29, 0.717) is 5.92 Å². The molecular formula is C16H29N5O2. The molecule has 0 aromatic carbocycles. The van der Waals surface area contributed by atoms with Gasteiger partial charge in [0.25, 0.3) is 0 Å². The molecule has 7 nitrogen and oxygen atoms in total. The minimum atomic E-state index is -0.449. The average Bonchev–Trinajstić information content (AvgIpc) is 3.11. The third-order valence-electron chi connectivity index (χ3n) is 4.21. The van der Waals surface area contributed by atoms with Gasteiger partial charge in [-0.15, -0.1) is 0 Å². The Morgan fingerprint density at radius 1 is 1.52 bits per heavy atom. The number of nitrogens with zero attached hydrogens (tertiary/aromatic N) is 4. The van der Waals surface area contributed by atoms with E-state index in [9.17, 15) is 4.79 Å². The van der Waals surface area contributed by atoms with Crippen LogP contribution in [0.25, 0.3) is 0 Å². The van der Waals surface area contributed by atoms with Crippen molar-refractivity contribution < 1.29 is 9.53 Å². The van der Waals surface area contributed by atoms with E-state index in [1.54, 1.807) is 6.33 Å². The third-order valence-corrected chi connectivity index (χ3v) is 4.21. The van der Waals surface area contributed by atoms with E-state index >= 15 is 0 Å². The molecule has 1 fully saturated rings. The van der Waals surface area contributed by atoms with E-state index in [4.69, 9.17) is 4.74 Å². The van der Waals surface area contributed by atoms with E-state index in [1.165, 1.54) is 0 Å². The van der Waals surface area contributed by atoms with E-state index in [0.717, 1.165) is 38.3 Å². The standard InChI is InChI=1S/C16H29N5O2/c1-6-21-14(18-11-19-21)9-13(17-5)12-7-8-20(10-12)15(22)23-16(2,3)4/h11-13,17H,6-10H2,1-5H3. The van der Waals surface area contributed by atoms with Gasteiger partial charge in [0.2, 0.25) is 0 Å². The van der Waals surface area contributed by atoms with Gasteiger partial charge in [-0.2, -0.15) is 5.10 Å². The van der Waals surface area contributed by atoms with Crippen molar-refractivity contribution in [2.75, 3.05) is 20.1 Å². The van der Waals surface area contributed by atoms with Gasteiger partial charge in [-0.05, 0) is 47.1 Å². The molecule has 7 heteroatoms. The van der Waals surface area contributed by atoms with Crippen LogP contribution >= 0.6 is 0 Å². The van der Waals surface area contributed by atoms with Crippen LogP contribution in [-0.4, -0.2) is 57.5 Å². The van der Waals surface area contributed by atoms with Crippen LogP contribution in [0, 0.1) is 5.92 Å². The lowest BCUT2D eigenvalue weighted by molar-refractivity contribution is 0.0285. The zero-order valence-corrected chi connectivity index (χ0v) is 14.9. The molecule has 0 saturated carbocycles. The van der Waals surface area contributed by atoms with Crippen LogP contribution in [-0.2, 0) is 17.7 Å². The number of amides is 1. The smallest absolute Gasteiger partial charge is 0.410 e. The highest BCUT2D eigenvalue weighted by atomic mass is 16.6. The Morgan fingerprint density at radius 2 is 2.26 bits per heavy atom. The van der Waals surface area contributed by atoms with Crippen molar-refractivity contribution in [3.63, 3.8) is 0 Å². The first-order chi connectivity index (χ1) is 10.8. The normalized spacial score (nSPS) is 19.9. The second-order valence-electron chi connectivity index (χ2n) is 7.07. The Kier molecular flexibility index (Phi) is 5.62. The highest BCUT2D eigenvalue weighted by molar-refractivity contribution is 5.68. The Labute approximate surface area is 138 Å². The van der Waals surface area contributed by atoms with Gasteiger partial charge >= 0.3 is 6.09 Å². The molecule has 0 radical (unpaired) electrons. The number of aromatic nitrogens is 3. The van der Waals surface area contributed by atoms with Gasteiger partial charge in [0, 0.05) is 32.1 Å². The number of hydrogen-bond donors (Lipinski definition) is 1. The van der Waals surface area contributed by atoms with Crippen molar-refractivity contribution in [2.24, 2.45) is 5.92 Å². The average molecular weight is 323 g/mol. The molecule has 1 saturated heterocycles. The maximum absolute atomic E-state index is 12.2. The molecule has 1 amide bonds. The van der Waals surface area contributed by atoms with E-state index < -0.39 is 5.60 Å². The number of aryl methyl sites for hydroxylation is 1. The fourth-order valence-corrected chi connectivity index (χ4v) is 3.02. The van der Waals surface area contributed by atoms with Crippen molar-refractivity contribution in [2.45, 2.75) is 58.7 Å². The molecule has 0 aliphatic carbocycles. The lowest BCUT2D eigenvalue weighted by Gasteiger charge is -2.26. The molecule has 1 aromatic heterocycles. The number of carbonyl (C=O) groups excluding carboxylic acids is 1. The van der Waals surface area contributed by atoms with Crippen LogP contribution < -0.4 is 5.32 Å². The molecular weight excluding hydrogens is 294 g/mol. The summed E-state index contributed by atoms with van der Waals surface area (Å²) < 4.78 is 7.39.